The van der Waals surface area contributed by atoms with Gasteiger partial charge in [0.25, 0.3) is 5.92 Å². The van der Waals surface area contributed by atoms with Crippen LogP contribution in [0.1, 0.15) is 28.9 Å². The molecule has 1 aliphatic rings. The van der Waals surface area contributed by atoms with Crippen LogP contribution in [0, 0.1) is 0 Å². The molecule has 1 saturated carbocycles. The zero-order chi connectivity index (χ0) is 16.0. The minimum absolute atomic E-state index is 0.170. The molecular weight excluding hydrogens is 331 g/mol. The van der Waals surface area contributed by atoms with E-state index in [4.69, 9.17) is 23.2 Å². The van der Waals surface area contributed by atoms with Gasteiger partial charge in [-0.3, -0.25) is 9.78 Å². The fraction of sp³-hybridized carbons (Fsp3) is 0.250. The molecule has 1 heterocycles. The highest BCUT2D eigenvalue weighted by molar-refractivity contribution is 6.42. The lowest BCUT2D eigenvalue weighted by Gasteiger charge is -2.46. The van der Waals surface area contributed by atoms with Gasteiger partial charge in [-0.2, -0.15) is 0 Å². The van der Waals surface area contributed by atoms with E-state index in [1.165, 1.54) is 24.4 Å². The number of halogens is 4. The number of hydrogen-bond acceptors (Lipinski definition) is 2. The number of nitrogens with zero attached hydrogens (tertiary/aromatic N) is 1. The summed E-state index contributed by atoms with van der Waals surface area (Å²) in [7, 11) is 0. The van der Waals surface area contributed by atoms with Gasteiger partial charge in [0.15, 0.2) is 5.78 Å². The Kier molecular flexibility index (Phi) is 3.69. The molecule has 2 nitrogen and oxygen atoms in total. The molecule has 0 bridgehead atoms. The third kappa shape index (κ3) is 2.50. The first-order valence-electron chi connectivity index (χ1n) is 6.63. The fourth-order valence-corrected chi connectivity index (χ4v) is 3.16. The smallest absolute Gasteiger partial charge is 0.250 e. The third-order valence-corrected chi connectivity index (χ3v) is 4.66. The Morgan fingerprint density at radius 2 is 1.82 bits per heavy atom. The average molecular weight is 342 g/mol. The van der Waals surface area contributed by atoms with Gasteiger partial charge < -0.3 is 0 Å². The number of aromatic nitrogens is 1. The van der Waals surface area contributed by atoms with Crippen molar-refractivity contribution in [3.05, 3.63) is 63.9 Å². The number of benzene rings is 1. The summed E-state index contributed by atoms with van der Waals surface area (Å²) in [5.41, 5.74) is -0.681. The number of alkyl halides is 2. The van der Waals surface area contributed by atoms with Crippen LogP contribution in [0.2, 0.25) is 10.0 Å². The Labute approximate surface area is 136 Å². The molecule has 22 heavy (non-hydrogen) atoms. The van der Waals surface area contributed by atoms with Crippen LogP contribution < -0.4 is 0 Å². The van der Waals surface area contributed by atoms with E-state index in [1.54, 1.807) is 18.2 Å². The van der Waals surface area contributed by atoms with E-state index in [1.807, 2.05) is 0 Å². The predicted octanol–water partition coefficient (Wildman–Crippen LogP) is 4.94. The lowest BCUT2D eigenvalue weighted by molar-refractivity contribution is -0.113. The number of ketones is 1. The monoisotopic (exact) mass is 341 g/mol. The minimum atomic E-state index is -2.86. The molecule has 0 spiro atoms. The molecule has 114 valence electrons. The molecule has 2 aromatic rings. The van der Waals surface area contributed by atoms with Crippen molar-refractivity contribution in [3.8, 4) is 0 Å². The molecule has 0 N–H and O–H groups in total. The lowest BCUT2D eigenvalue weighted by Crippen LogP contribution is -2.54. The highest BCUT2D eigenvalue weighted by Gasteiger charge is 2.61. The van der Waals surface area contributed by atoms with Crippen molar-refractivity contribution in [2.45, 2.75) is 24.2 Å². The largest absolute Gasteiger partial charge is 0.291 e. The van der Waals surface area contributed by atoms with E-state index < -0.39 is 30.0 Å². The van der Waals surface area contributed by atoms with Gasteiger partial charge in [0, 0.05) is 19.0 Å². The van der Waals surface area contributed by atoms with Gasteiger partial charge in [0.05, 0.1) is 15.5 Å². The van der Waals surface area contributed by atoms with E-state index >= 15 is 0 Å². The summed E-state index contributed by atoms with van der Waals surface area (Å²) in [4.78, 5) is 16.7. The van der Waals surface area contributed by atoms with Crippen LogP contribution >= 0.6 is 23.2 Å². The summed E-state index contributed by atoms with van der Waals surface area (Å²) in [6.07, 6.45) is 0.368. The number of Topliss-reactive ketones (excluding diaryl/α,β-unsaturated/α-hetero) is 1. The zero-order valence-electron chi connectivity index (χ0n) is 11.3. The van der Waals surface area contributed by atoms with Gasteiger partial charge in [-0.15, -0.1) is 0 Å². The summed E-state index contributed by atoms with van der Waals surface area (Å²) in [6, 6.07) is 9.42. The summed E-state index contributed by atoms with van der Waals surface area (Å²) in [5, 5.41) is 0.555. The first-order valence-corrected chi connectivity index (χ1v) is 7.39. The molecule has 1 aromatic carbocycles. The van der Waals surface area contributed by atoms with Crippen molar-refractivity contribution < 1.29 is 13.6 Å². The van der Waals surface area contributed by atoms with Crippen LogP contribution in [0.3, 0.4) is 0 Å². The maximum atomic E-state index is 13.5. The molecule has 0 saturated heterocycles. The Bertz CT molecular complexity index is 726. The topological polar surface area (TPSA) is 30.0 Å². The van der Waals surface area contributed by atoms with Crippen LogP contribution in [0.25, 0.3) is 0 Å². The van der Waals surface area contributed by atoms with Crippen molar-refractivity contribution in [2.24, 2.45) is 0 Å². The highest BCUT2D eigenvalue weighted by Crippen LogP contribution is 2.55. The van der Waals surface area contributed by atoms with Gasteiger partial charge >= 0.3 is 0 Å². The maximum Gasteiger partial charge on any atom is 0.250 e. The Hall–Kier alpha value is -1.52. The van der Waals surface area contributed by atoms with Crippen LogP contribution in [0.5, 0.6) is 0 Å². The first-order chi connectivity index (χ1) is 10.3. The summed E-state index contributed by atoms with van der Waals surface area (Å²) in [6.45, 7) is 0. The number of carbonyl (C=O) groups excluding carboxylic acids is 1. The molecule has 1 aromatic heterocycles. The molecule has 0 aliphatic heterocycles. The van der Waals surface area contributed by atoms with E-state index in [2.05, 4.69) is 4.98 Å². The van der Waals surface area contributed by atoms with Crippen LogP contribution in [0.15, 0.2) is 42.6 Å². The Balaban J connectivity index is 2.06. The van der Waals surface area contributed by atoms with E-state index in [9.17, 15) is 13.6 Å². The summed E-state index contributed by atoms with van der Waals surface area (Å²) in [5.74, 6) is -3.28. The van der Waals surface area contributed by atoms with Crippen LogP contribution in [-0.2, 0) is 5.41 Å². The van der Waals surface area contributed by atoms with Gasteiger partial charge in [0.1, 0.15) is 5.69 Å². The first kappa shape index (κ1) is 15.4. The van der Waals surface area contributed by atoms with Crippen molar-refractivity contribution in [2.75, 3.05) is 0 Å². The second kappa shape index (κ2) is 5.28. The van der Waals surface area contributed by atoms with E-state index in [-0.39, 0.29) is 10.7 Å². The van der Waals surface area contributed by atoms with Crippen molar-refractivity contribution in [1.82, 2.24) is 4.98 Å². The van der Waals surface area contributed by atoms with Crippen molar-refractivity contribution >= 4 is 29.0 Å². The van der Waals surface area contributed by atoms with E-state index in [0.29, 0.717) is 10.6 Å². The quantitative estimate of drug-likeness (QED) is 0.740. The lowest BCUT2D eigenvalue weighted by atomic mass is 9.59. The van der Waals surface area contributed by atoms with Crippen LogP contribution in [0.4, 0.5) is 8.78 Å². The second-order valence-electron chi connectivity index (χ2n) is 5.46. The Morgan fingerprint density at radius 1 is 1.09 bits per heavy atom. The molecule has 6 heteroatoms. The summed E-state index contributed by atoms with van der Waals surface area (Å²) < 4.78 is 27.1. The number of hydrogen-bond donors (Lipinski definition) is 0. The van der Waals surface area contributed by atoms with Gasteiger partial charge in [-0.1, -0.05) is 35.3 Å². The van der Waals surface area contributed by atoms with Crippen molar-refractivity contribution in [3.63, 3.8) is 0 Å². The Morgan fingerprint density at radius 3 is 2.36 bits per heavy atom. The predicted molar refractivity (Wildman–Crippen MR) is 80.9 cm³/mol. The molecule has 3 rings (SSSR count). The molecule has 1 fully saturated rings. The average Bonchev–Trinajstić information content (AvgIpc) is 2.47. The SMILES string of the molecule is O=C(c1ccccn1)C1(c2ccc(Cl)c(Cl)c2)CC(F)(F)C1. The maximum absolute atomic E-state index is 13.5. The normalized spacial score (nSPS) is 18.5. The highest BCUT2D eigenvalue weighted by atomic mass is 35.5. The number of pyridine rings is 1. The minimum Gasteiger partial charge on any atom is -0.291 e. The molecule has 1 aliphatic carbocycles. The van der Waals surface area contributed by atoms with E-state index in [0.717, 1.165) is 0 Å². The molecule has 0 amide bonds. The van der Waals surface area contributed by atoms with Gasteiger partial charge in [-0.25, -0.2) is 8.78 Å². The zero-order valence-corrected chi connectivity index (χ0v) is 12.8. The summed E-state index contributed by atoms with van der Waals surface area (Å²) >= 11 is 11.8. The molecule has 0 unspecified atom stereocenters. The number of rotatable bonds is 3. The molecule has 0 radical (unpaired) electrons. The molecular formula is C16H11Cl2F2NO. The van der Waals surface area contributed by atoms with Crippen LogP contribution in [-0.4, -0.2) is 16.7 Å². The van der Waals surface area contributed by atoms with Gasteiger partial charge in [-0.05, 0) is 29.8 Å². The standard InChI is InChI=1S/C16H11Cl2F2NO/c17-11-5-4-10(7-12(11)18)15(8-16(19,20)9-15)14(22)13-3-1-2-6-21-13/h1-7H,8-9H2. The fourth-order valence-electron chi connectivity index (χ4n) is 2.86. The third-order valence-electron chi connectivity index (χ3n) is 3.93. The second-order valence-corrected chi connectivity index (χ2v) is 6.28. The number of carbonyl (C=O) groups is 1. The van der Waals surface area contributed by atoms with Crippen molar-refractivity contribution in [1.29, 1.82) is 0 Å². The molecule has 0 atom stereocenters. The van der Waals surface area contributed by atoms with Gasteiger partial charge in [0.2, 0.25) is 0 Å².